The summed E-state index contributed by atoms with van der Waals surface area (Å²) in [6.07, 6.45) is 1.84. The molecule has 0 aliphatic carbocycles. The third kappa shape index (κ3) is 4.20. The van der Waals surface area contributed by atoms with Gasteiger partial charge in [0.05, 0.1) is 12.3 Å². The Morgan fingerprint density at radius 1 is 1.10 bits per heavy atom. The van der Waals surface area contributed by atoms with Crippen LogP contribution in [0.1, 0.15) is 10.4 Å². The number of thiophene rings is 1. The van der Waals surface area contributed by atoms with E-state index >= 15 is 0 Å². The van der Waals surface area contributed by atoms with Crippen molar-refractivity contribution in [1.29, 1.82) is 0 Å². The van der Waals surface area contributed by atoms with Crippen molar-refractivity contribution in [3.63, 3.8) is 0 Å². The second-order valence-corrected chi connectivity index (χ2v) is 13.2. The molecule has 1 nitrogen and oxygen atoms in total. The van der Waals surface area contributed by atoms with Gasteiger partial charge in [0, 0.05) is 5.56 Å². The lowest BCUT2D eigenvalue weighted by Crippen LogP contribution is -2.22. The molecule has 0 radical (unpaired) electrons. The minimum atomic E-state index is -1.53. The Balaban J connectivity index is 2.27. The number of thioether (sulfide) groups is 1. The predicted molar refractivity (Wildman–Crippen MR) is 92.4 cm³/mol. The SMILES string of the molecule is C[Si](C)(C)/C(=C\C(=O)c1ccccc1)Sc1cccs1. The minimum Gasteiger partial charge on any atom is -0.289 e. The average molecular weight is 319 g/mol. The number of carbonyl (C=O) groups is 1. The van der Waals surface area contributed by atoms with Crippen LogP contribution in [0.15, 0.2) is 62.7 Å². The number of hydrogen-bond donors (Lipinski definition) is 0. The highest BCUT2D eigenvalue weighted by Gasteiger charge is 2.22. The van der Waals surface area contributed by atoms with Gasteiger partial charge in [-0.05, 0) is 22.1 Å². The molecule has 4 heteroatoms. The van der Waals surface area contributed by atoms with Crippen LogP contribution in [0.25, 0.3) is 0 Å². The molecular formula is C16H18OS2Si. The second kappa shape index (κ2) is 6.57. The van der Waals surface area contributed by atoms with Gasteiger partial charge in [-0.3, -0.25) is 4.79 Å². The Labute approximate surface area is 129 Å². The van der Waals surface area contributed by atoms with Crippen molar-refractivity contribution < 1.29 is 4.79 Å². The van der Waals surface area contributed by atoms with E-state index in [1.165, 1.54) is 8.74 Å². The van der Waals surface area contributed by atoms with Crippen LogP contribution in [-0.2, 0) is 0 Å². The summed E-state index contributed by atoms with van der Waals surface area (Å²) in [5.41, 5.74) is 0.759. The first kappa shape index (κ1) is 15.3. The van der Waals surface area contributed by atoms with Crippen LogP contribution >= 0.6 is 23.1 Å². The zero-order chi connectivity index (χ0) is 14.6. The van der Waals surface area contributed by atoms with E-state index in [1.807, 2.05) is 42.5 Å². The molecular weight excluding hydrogens is 300 g/mol. The molecule has 0 amide bonds. The number of rotatable bonds is 5. The summed E-state index contributed by atoms with van der Waals surface area (Å²) in [5, 5.41) is 2.07. The van der Waals surface area contributed by atoms with Crippen LogP contribution in [0, 0.1) is 0 Å². The Hall–Kier alpha value is -1.10. The van der Waals surface area contributed by atoms with Crippen molar-refractivity contribution in [2.45, 2.75) is 23.9 Å². The molecule has 2 rings (SSSR count). The summed E-state index contributed by atoms with van der Waals surface area (Å²) >= 11 is 3.47. The van der Waals surface area contributed by atoms with E-state index in [4.69, 9.17) is 0 Å². The summed E-state index contributed by atoms with van der Waals surface area (Å²) in [6, 6.07) is 13.6. The first-order chi connectivity index (χ1) is 9.47. The van der Waals surface area contributed by atoms with Gasteiger partial charge in [0.15, 0.2) is 5.78 Å². The average Bonchev–Trinajstić information content (AvgIpc) is 2.91. The summed E-state index contributed by atoms with van der Waals surface area (Å²) in [6.45, 7) is 6.83. The molecule has 0 aliphatic rings. The van der Waals surface area contributed by atoms with Crippen molar-refractivity contribution in [3.8, 4) is 0 Å². The van der Waals surface area contributed by atoms with Gasteiger partial charge in [-0.1, -0.05) is 67.8 Å². The second-order valence-electron chi connectivity index (χ2n) is 5.52. The van der Waals surface area contributed by atoms with Gasteiger partial charge in [0.2, 0.25) is 0 Å². The Morgan fingerprint density at radius 3 is 2.35 bits per heavy atom. The highest BCUT2D eigenvalue weighted by molar-refractivity contribution is 8.06. The quantitative estimate of drug-likeness (QED) is 0.314. The van der Waals surface area contributed by atoms with Crippen molar-refractivity contribution >= 4 is 37.0 Å². The van der Waals surface area contributed by atoms with Gasteiger partial charge in [0.25, 0.3) is 0 Å². The fraction of sp³-hybridized carbons (Fsp3) is 0.188. The maximum atomic E-state index is 12.4. The normalized spacial score (nSPS) is 12.4. The first-order valence-corrected chi connectivity index (χ1v) is 11.7. The van der Waals surface area contributed by atoms with Crippen molar-refractivity contribution in [3.05, 3.63) is 64.0 Å². The highest BCUT2D eigenvalue weighted by Crippen LogP contribution is 2.36. The molecule has 104 valence electrons. The minimum absolute atomic E-state index is 0.104. The molecule has 2 aromatic rings. The number of ketones is 1. The van der Waals surface area contributed by atoms with Crippen LogP contribution in [0.2, 0.25) is 19.6 Å². The van der Waals surface area contributed by atoms with Gasteiger partial charge in [-0.2, -0.15) is 0 Å². The lowest BCUT2D eigenvalue weighted by Gasteiger charge is -2.19. The third-order valence-electron chi connectivity index (χ3n) is 2.77. The van der Waals surface area contributed by atoms with Crippen LogP contribution < -0.4 is 0 Å². The fourth-order valence-electron chi connectivity index (χ4n) is 1.63. The molecule has 0 bridgehead atoms. The van der Waals surface area contributed by atoms with Crippen molar-refractivity contribution in [1.82, 2.24) is 0 Å². The summed E-state index contributed by atoms with van der Waals surface area (Å²) < 4.78 is 2.48. The summed E-state index contributed by atoms with van der Waals surface area (Å²) in [4.78, 5) is 12.4. The van der Waals surface area contributed by atoms with Gasteiger partial charge >= 0.3 is 0 Å². The van der Waals surface area contributed by atoms with Gasteiger partial charge in [-0.15, -0.1) is 11.3 Å². The van der Waals surface area contributed by atoms with Crippen LogP contribution in [0.4, 0.5) is 0 Å². The highest BCUT2D eigenvalue weighted by atomic mass is 32.2. The summed E-state index contributed by atoms with van der Waals surface area (Å²) in [7, 11) is -1.53. The maximum Gasteiger partial charge on any atom is 0.186 e. The van der Waals surface area contributed by atoms with Crippen molar-refractivity contribution in [2.75, 3.05) is 0 Å². The fourth-order valence-corrected chi connectivity index (χ4v) is 5.58. The van der Waals surface area contributed by atoms with Gasteiger partial charge in [-0.25, -0.2) is 0 Å². The molecule has 0 atom stereocenters. The van der Waals surface area contributed by atoms with Crippen LogP contribution in [-0.4, -0.2) is 13.9 Å². The van der Waals surface area contributed by atoms with E-state index in [9.17, 15) is 4.79 Å². The zero-order valence-corrected chi connectivity index (χ0v) is 14.6. The van der Waals surface area contributed by atoms with E-state index < -0.39 is 8.07 Å². The predicted octanol–water partition coefficient (Wildman–Crippen LogP) is 5.48. The Morgan fingerprint density at radius 2 is 1.80 bits per heavy atom. The monoisotopic (exact) mass is 318 g/mol. The number of carbonyl (C=O) groups excluding carboxylic acids is 1. The molecule has 0 N–H and O–H groups in total. The molecule has 1 heterocycles. The molecule has 0 unspecified atom stereocenters. The Bertz CT molecular complexity index is 595. The first-order valence-electron chi connectivity index (χ1n) is 6.50. The molecule has 0 aliphatic heterocycles. The van der Waals surface area contributed by atoms with E-state index in [2.05, 4.69) is 31.1 Å². The zero-order valence-electron chi connectivity index (χ0n) is 11.9. The lowest BCUT2D eigenvalue weighted by molar-refractivity contribution is 0.104. The van der Waals surface area contributed by atoms with E-state index in [1.54, 1.807) is 23.1 Å². The van der Waals surface area contributed by atoms with E-state index in [-0.39, 0.29) is 5.78 Å². The number of hydrogen-bond acceptors (Lipinski definition) is 3. The standard InChI is InChI=1S/C16H18OS2Si/c1-20(2,3)16(19-15-10-7-11-18-15)12-14(17)13-8-5-4-6-9-13/h4-12H,1-3H3/b16-12-. The molecule has 20 heavy (non-hydrogen) atoms. The molecule has 1 aromatic heterocycles. The molecule has 0 saturated carbocycles. The Kier molecular flexibility index (Phi) is 5.02. The maximum absolute atomic E-state index is 12.4. The van der Waals surface area contributed by atoms with Crippen LogP contribution in [0.5, 0.6) is 0 Å². The number of allylic oxidation sites excluding steroid dienone is 1. The van der Waals surface area contributed by atoms with E-state index in [0.717, 1.165) is 5.56 Å². The van der Waals surface area contributed by atoms with E-state index in [0.29, 0.717) is 0 Å². The van der Waals surface area contributed by atoms with Gasteiger partial charge in [0.1, 0.15) is 0 Å². The van der Waals surface area contributed by atoms with Crippen LogP contribution in [0.3, 0.4) is 0 Å². The molecule has 0 saturated heterocycles. The van der Waals surface area contributed by atoms with Gasteiger partial charge < -0.3 is 0 Å². The molecule has 0 fully saturated rings. The smallest absolute Gasteiger partial charge is 0.186 e. The molecule has 0 spiro atoms. The summed E-state index contributed by atoms with van der Waals surface area (Å²) in [5.74, 6) is 0.104. The number of benzene rings is 1. The lowest BCUT2D eigenvalue weighted by atomic mass is 10.1. The topological polar surface area (TPSA) is 17.1 Å². The molecule has 1 aromatic carbocycles. The third-order valence-corrected chi connectivity index (χ3v) is 8.41. The van der Waals surface area contributed by atoms with Crippen molar-refractivity contribution in [2.24, 2.45) is 0 Å². The largest absolute Gasteiger partial charge is 0.289 e.